The van der Waals surface area contributed by atoms with Gasteiger partial charge in [0.1, 0.15) is 0 Å². The largest absolute Gasteiger partial charge is 0.294 e. The lowest BCUT2D eigenvalue weighted by atomic mass is 9.76. The van der Waals surface area contributed by atoms with Gasteiger partial charge in [0.15, 0.2) is 5.78 Å². The van der Waals surface area contributed by atoms with Gasteiger partial charge in [-0.05, 0) is 49.5 Å². The molecule has 3 unspecified atom stereocenters. The van der Waals surface area contributed by atoms with Crippen molar-refractivity contribution in [1.82, 2.24) is 0 Å². The Hall–Kier alpha value is -0.590. The van der Waals surface area contributed by atoms with Gasteiger partial charge in [-0.2, -0.15) is 0 Å². The maximum atomic E-state index is 12.3. The quantitative estimate of drug-likeness (QED) is 0.684. The number of rotatable bonds is 2. The minimum Gasteiger partial charge on any atom is -0.294 e. The Morgan fingerprint density at radius 3 is 2.62 bits per heavy atom. The summed E-state index contributed by atoms with van der Waals surface area (Å²) in [5.74, 6) is 2.37. The monoisotopic (exact) mass is 220 g/mol. The van der Waals surface area contributed by atoms with Crippen molar-refractivity contribution in [2.45, 2.75) is 58.8 Å². The zero-order chi connectivity index (χ0) is 11.5. The molecule has 0 spiro atoms. The second kappa shape index (κ2) is 5.16. The summed E-state index contributed by atoms with van der Waals surface area (Å²) in [6.45, 7) is 4.57. The Labute approximate surface area is 99.3 Å². The number of carbonyl (C=O) groups is 1. The summed E-state index contributed by atoms with van der Waals surface area (Å²) in [7, 11) is 0. The number of hydrogen-bond donors (Lipinski definition) is 0. The van der Waals surface area contributed by atoms with Crippen LogP contribution >= 0.6 is 0 Å². The van der Waals surface area contributed by atoms with Crippen molar-refractivity contribution >= 4 is 5.78 Å². The summed E-state index contributed by atoms with van der Waals surface area (Å²) in [5.41, 5.74) is 1.15. The molecular formula is C15H24O. The fourth-order valence-corrected chi connectivity index (χ4v) is 3.12. The van der Waals surface area contributed by atoms with Crippen LogP contribution in [0, 0.1) is 17.8 Å². The average Bonchev–Trinajstić information content (AvgIpc) is 2.29. The van der Waals surface area contributed by atoms with Crippen molar-refractivity contribution in [3.8, 4) is 0 Å². The second-order valence-electron chi connectivity index (χ2n) is 5.94. The molecule has 0 aliphatic heterocycles. The van der Waals surface area contributed by atoms with Crippen LogP contribution < -0.4 is 0 Å². The van der Waals surface area contributed by atoms with E-state index in [1.807, 2.05) is 0 Å². The van der Waals surface area contributed by atoms with Crippen LogP contribution in [0.2, 0.25) is 0 Å². The molecule has 1 saturated carbocycles. The molecule has 1 heteroatoms. The standard InChI is InChI=1S/C15H24O/c1-11-6-8-13(9-7-11)15(16)14-5-3-4-12(2)10-14/h8,11-12,14H,3-7,9-10H2,1-2H3. The lowest BCUT2D eigenvalue weighted by Gasteiger charge is -2.27. The first-order valence-corrected chi connectivity index (χ1v) is 6.90. The molecule has 2 rings (SSSR count). The zero-order valence-corrected chi connectivity index (χ0v) is 10.7. The first-order valence-electron chi connectivity index (χ1n) is 6.90. The van der Waals surface area contributed by atoms with E-state index in [2.05, 4.69) is 19.9 Å². The van der Waals surface area contributed by atoms with Crippen molar-refractivity contribution in [2.75, 3.05) is 0 Å². The minimum atomic E-state index is 0.350. The van der Waals surface area contributed by atoms with Crippen molar-refractivity contribution in [3.63, 3.8) is 0 Å². The first kappa shape index (κ1) is 11.9. The summed E-state index contributed by atoms with van der Waals surface area (Å²) >= 11 is 0. The number of ketones is 1. The molecule has 0 saturated heterocycles. The van der Waals surface area contributed by atoms with Gasteiger partial charge < -0.3 is 0 Å². The lowest BCUT2D eigenvalue weighted by molar-refractivity contribution is -0.120. The average molecular weight is 220 g/mol. The first-order chi connectivity index (χ1) is 7.66. The topological polar surface area (TPSA) is 17.1 Å². The molecular weight excluding hydrogens is 196 g/mol. The van der Waals surface area contributed by atoms with E-state index in [0.717, 1.165) is 43.1 Å². The van der Waals surface area contributed by atoms with Crippen LogP contribution in [0.4, 0.5) is 0 Å². The molecule has 3 atom stereocenters. The van der Waals surface area contributed by atoms with Gasteiger partial charge in [-0.15, -0.1) is 0 Å². The third-order valence-corrected chi connectivity index (χ3v) is 4.30. The summed E-state index contributed by atoms with van der Waals surface area (Å²) < 4.78 is 0. The third kappa shape index (κ3) is 2.75. The van der Waals surface area contributed by atoms with Gasteiger partial charge in [0.2, 0.25) is 0 Å². The van der Waals surface area contributed by atoms with Crippen LogP contribution in [0.25, 0.3) is 0 Å². The molecule has 0 heterocycles. The Bertz CT molecular complexity index is 290. The van der Waals surface area contributed by atoms with Crippen molar-refractivity contribution in [1.29, 1.82) is 0 Å². The molecule has 0 aromatic rings. The lowest BCUT2D eigenvalue weighted by Crippen LogP contribution is -2.24. The molecule has 0 aromatic carbocycles. The molecule has 0 amide bonds. The molecule has 1 fully saturated rings. The predicted octanol–water partition coefficient (Wildman–Crippen LogP) is 4.13. The number of Topliss-reactive ketones (excluding diaryl/α,β-unsaturated/α-hetero) is 1. The van der Waals surface area contributed by atoms with Crippen LogP contribution in [-0.2, 0) is 4.79 Å². The van der Waals surface area contributed by atoms with Gasteiger partial charge >= 0.3 is 0 Å². The van der Waals surface area contributed by atoms with Crippen LogP contribution in [0.15, 0.2) is 11.6 Å². The summed E-state index contributed by atoms with van der Waals surface area (Å²) in [6.07, 6.45) is 10.4. The van der Waals surface area contributed by atoms with Gasteiger partial charge in [0.05, 0.1) is 0 Å². The molecule has 1 nitrogen and oxygen atoms in total. The van der Waals surface area contributed by atoms with E-state index < -0.39 is 0 Å². The second-order valence-corrected chi connectivity index (χ2v) is 5.94. The normalized spacial score (nSPS) is 35.6. The van der Waals surface area contributed by atoms with Crippen LogP contribution in [0.5, 0.6) is 0 Å². The smallest absolute Gasteiger partial charge is 0.161 e. The highest BCUT2D eigenvalue weighted by Crippen LogP contribution is 2.33. The summed E-state index contributed by atoms with van der Waals surface area (Å²) in [6, 6.07) is 0. The van der Waals surface area contributed by atoms with E-state index in [9.17, 15) is 4.79 Å². The molecule has 0 radical (unpaired) electrons. The van der Waals surface area contributed by atoms with E-state index in [-0.39, 0.29) is 0 Å². The third-order valence-electron chi connectivity index (χ3n) is 4.30. The van der Waals surface area contributed by atoms with Crippen molar-refractivity contribution in [3.05, 3.63) is 11.6 Å². The van der Waals surface area contributed by atoms with E-state index >= 15 is 0 Å². The maximum absolute atomic E-state index is 12.3. The van der Waals surface area contributed by atoms with Gasteiger partial charge in [0.25, 0.3) is 0 Å². The molecule has 16 heavy (non-hydrogen) atoms. The Kier molecular flexibility index (Phi) is 3.83. The van der Waals surface area contributed by atoms with Crippen molar-refractivity contribution in [2.24, 2.45) is 17.8 Å². The van der Waals surface area contributed by atoms with Crippen LogP contribution in [-0.4, -0.2) is 5.78 Å². The Morgan fingerprint density at radius 2 is 2.00 bits per heavy atom. The summed E-state index contributed by atoms with van der Waals surface area (Å²) in [5, 5.41) is 0. The highest BCUT2D eigenvalue weighted by atomic mass is 16.1. The molecule has 0 aromatic heterocycles. The molecule has 0 N–H and O–H groups in total. The molecule has 2 aliphatic carbocycles. The fourth-order valence-electron chi connectivity index (χ4n) is 3.12. The Balaban J connectivity index is 1.96. The van der Waals surface area contributed by atoms with Gasteiger partial charge in [0, 0.05) is 5.92 Å². The summed E-state index contributed by atoms with van der Waals surface area (Å²) in [4.78, 5) is 12.3. The predicted molar refractivity (Wildman–Crippen MR) is 67.2 cm³/mol. The Morgan fingerprint density at radius 1 is 1.19 bits per heavy atom. The van der Waals surface area contributed by atoms with Gasteiger partial charge in [-0.1, -0.05) is 32.8 Å². The van der Waals surface area contributed by atoms with E-state index in [4.69, 9.17) is 0 Å². The molecule has 0 bridgehead atoms. The van der Waals surface area contributed by atoms with Crippen LogP contribution in [0.1, 0.15) is 58.8 Å². The van der Waals surface area contributed by atoms with E-state index in [1.54, 1.807) is 0 Å². The number of carbonyl (C=O) groups excluding carboxylic acids is 1. The number of hydrogen-bond acceptors (Lipinski definition) is 1. The highest BCUT2D eigenvalue weighted by Gasteiger charge is 2.27. The van der Waals surface area contributed by atoms with Crippen molar-refractivity contribution < 1.29 is 4.79 Å². The maximum Gasteiger partial charge on any atom is 0.161 e. The number of allylic oxidation sites excluding steroid dienone is 2. The highest BCUT2D eigenvalue weighted by molar-refractivity contribution is 5.97. The molecule has 2 aliphatic rings. The SMILES string of the molecule is CC1CC=C(C(=O)C2CCCC(C)C2)CC1. The van der Waals surface area contributed by atoms with Crippen LogP contribution in [0.3, 0.4) is 0 Å². The van der Waals surface area contributed by atoms with Gasteiger partial charge in [-0.25, -0.2) is 0 Å². The van der Waals surface area contributed by atoms with Gasteiger partial charge in [-0.3, -0.25) is 4.79 Å². The fraction of sp³-hybridized carbons (Fsp3) is 0.800. The zero-order valence-electron chi connectivity index (χ0n) is 10.7. The van der Waals surface area contributed by atoms with E-state index in [0.29, 0.717) is 11.7 Å². The van der Waals surface area contributed by atoms with E-state index in [1.165, 1.54) is 19.3 Å². The minimum absolute atomic E-state index is 0.350. The molecule has 90 valence electrons.